The number of hydrogen-bond acceptors (Lipinski definition) is 3. The largest absolute Gasteiger partial charge is 0.468 e. The molecule has 1 atom stereocenters. The van der Waals surface area contributed by atoms with Crippen LogP contribution in [0.2, 0.25) is 0 Å². The standard InChI is InChI=1S/C10H13ClO3/c11-6-9(12)7-13-8-14-10-4-2-1-3-5-10/h1-5,9,12H,6-8H2. The van der Waals surface area contributed by atoms with Crippen molar-refractivity contribution in [2.45, 2.75) is 6.10 Å². The van der Waals surface area contributed by atoms with Crippen LogP contribution in [-0.2, 0) is 4.74 Å². The van der Waals surface area contributed by atoms with Crippen molar-refractivity contribution in [2.75, 3.05) is 19.3 Å². The van der Waals surface area contributed by atoms with E-state index in [-0.39, 0.29) is 19.3 Å². The molecule has 0 aliphatic heterocycles. The zero-order valence-corrected chi connectivity index (χ0v) is 8.48. The van der Waals surface area contributed by atoms with Crippen molar-refractivity contribution in [3.8, 4) is 5.75 Å². The topological polar surface area (TPSA) is 38.7 Å². The van der Waals surface area contributed by atoms with Crippen LogP contribution in [0.25, 0.3) is 0 Å². The predicted octanol–water partition coefficient (Wildman–Crippen LogP) is 1.64. The number of benzene rings is 1. The highest BCUT2D eigenvalue weighted by Gasteiger charge is 2.00. The third-order valence-electron chi connectivity index (χ3n) is 1.54. The number of rotatable bonds is 6. The lowest BCUT2D eigenvalue weighted by atomic mass is 10.3. The smallest absolute Gasteiger partial charge is 0.189 e. The van der Waals surface area contributed by atoms with Crippen molar-refractivity contribution in [1.29, 1.82) is 0 Å². The average Bonchev–Trinajstić information content (AvgIpc) is 2.25. The Balaban J connectivity index is 2.10. The van der Waals surface area contributed by atoms with E-state index in [4.69, 9.17) is 26.2 Å². The van der Waals surface area contributed by atoms with Gasteiger partial charge < -0.3 is 14.6 Å². The molecule has 1 rings (SSSR count). The molecule has 0 aromatic heterocycles. The SMILES string of the molecule is OC(CCl)COCOc1ccccc1. The minimum atomic E-state index is -0.629. The predicted molar refractivity (Wildman–Crippen MR) is 54.6 cm³/mol. The first-order valence-corrected chi connectivity index (χ1v) is 4.86. The average molecular weight is 217 g/mol. The Labute approximate surface area is 88.2 Å². The highest BCUT2D eigenvalue weighted by Crippen LogP contribution is 2.07. The zero-order chi connectivity index (χ0) is 10.2. The summed E-state index contributed by atoms with van der Waals surface area (Å²) in [5.41, 5.74) is 0. The third-order valence-corrected chi connectivity index (χ3v) is 1.90. The van der Waals surface area contributed by atoms with Crippen LogP contribution in [-0.4, -0.2) is 30.5 Å². The van der Waals surface area contributed by atoms with Gasteiger partial charge in [0.05, 0.1) is 18.6 Å². The van der Waals surface area contributed by atoms with Gasteiger partial charge in [-0.1, -0.05) is 18.2 Å². The van der Waals surface area contributed by atoms with Gasteiger partial charge in [0.15, 0.2) is 6.79 Å². The maximum Gasteiger partial charge on any atom is 0.189 e. The lowest BCUT2D eigenvalue weighted by Crippen LogP contribution is -2.18. The molecule has 0 radical (unpaired) electrons. The molecule has 0 fully saturated rings. The van der Waals surface area contributed by atoms with E-state index in [0.717, 1.165) is 5.75 Å². The quantitative estimate of drug-likeness (QED) is 0.446. The molecule has 1 aromatic rings. The second-order valence-corrected chi connectivity index (χ2v) is 3.06. The summed E-state index contributed by atoms with van der Waals surface area (Å²) in [6.07, 6.45) is -0.629. The second kappa shape index (κ2) is 6.65. The van der Waals surface area contributed by atoms with Gasteiger partial charge >= 0.3 is 0 Å². The van der Waals surface area contributed by atoms with Crippen LogP contribution in [0.3, 0.4) is 0 Å². The molecular formula is C10H13ClO3. The van der Waals surface area contributed by atoms with Gasteiger partial charge in [-0.3, -0.25) is 0 Å². The van der Waals surface area contributed by atoms with E-state index in [2.05, 4.69) is 0 Å². The highest BCUT2D eigenvalue weighted by atomic mass is 35.5. The van der Waals surface area contributed by atoms with E-state index in [1.165, 1.54) is 0 Å². The van der Waals surface area contributed by atoms with Crippen molar-refractivity contribution in [2.24, 2.45) is 0 Å². The minimum Gasteiger partial charge on any atom is -0.468 e. The van der Waals surface area contributed by atoms with Crippen LogP contribution in [0.4, 0.5) is 0 Å². The monoisotopic (exact) mass is 216 g/mol. The van der Waals surface area contributed by atoms with Crippen LogP contribution in [0.15, 0.2) is 30.3 Å². The molecule has 3 nitrogen and oxygen atoms in total. The van der Waals surface area contributed by atoms with Gasteiger partial charge in [-0.25, -0.2) is 0 Å². The summed E-state index contributed by atoms with van der Waals surface area (Å²) in [5, 5.41) is 9.04. The van der Waals surface area contributed by atoms with Crippen LogP contribution in [0.1, 0.15) is 0 Å². The first kappa shape index (κ1) is 11.3. The normalized spacial score (nSPS) is 12.4. The molecule has 0 spiro atoms. The fourth-order valence-corrected chi connectivity index (χ4v) is 0.944. The summed E-state index contributed by atoms with van der Waals surface area (Å²) < 4.78 is 10.3. The number of aliphatic hydroxyl groups excluding tert-OH is 1. The Morgan fingerprint density at radius 2 is 2.00 bits per heavy atom. The summed E-state index contributed by atoms with van der Waals surface area (Å²) >= 11 is 5.38. The van der Waals surface area contributed by atoms with E-state index in [1.54, 1.807) is 0 Å². The van der Waals surface area contributed by atoms with E-state index in [0.29, 0.717) is 0 Å². The molecule has 14 heavy (non-hydrogen) atoms. The molecule has 1 N–H and O–H groups in total. The number of halogens is 1. The first-order chi connectivity index (χ1) is 6.83. The summed E-state index contributed by atoms with van der Waals surface area (Å²) in [4.78, 5) is 0. The van der Waals surface area contributed by atoms with Gasteiger partial charge in [0.1, 0.15) is 5.75 Å². The first-order valence-electron chi connectivity index (χ1n) is 4.32. The Bertz CT molecular complexity index is 240. The molecular weight excluding hydrogens is 204 g/mol. The number of para-hydroxylation sites is 1. The van der Waals surface area contributed by atoms with Crippen LogP contribution in [0.5, 0.6) is 5.75 Å². The molecule has 1 aromatic carbocycles. The minimum absolute atomic E-state index is 0.123. The van der Waals surface area contributed by atoms with Gasteiger partial charge in [0.2, 0.25) is 0 Å². The number of aliphatic hydroxyl groups is 1. The number of hydrogen-bond donors (Lipinski definition) is 1. The fourth-order valence-electron chi connectivity index (χ4n) is 0.855. The van der Waals surface area contributed by atoms with E-state index in [1.807, 2.05) is 30.3 Å². The summed E-state index contributed by atoms with van der Waals surface area (Å²) in [7, 11) is 0. The van der Waals surface area contributed by atoms with Crippen molar-refractivity contribution < 1.29 is 14.6 Å². The fraction of sp³-hybridized carbons (Fsp3) is 0.400. The molecule has 0 saturated heterocycles. The molecule has 78 valence electrons. The van der Waals surface area contributed by atoms with E-state index < -0.39 is 6.10 Å². The maximum atomic E-state index is 9.04. The van der Waals surface area contributed by atoms with Crippen molar-refractivity contribution in [3.05, 3.63) is 30.3 Å². The Hall–Kier alpha value is -0.770. The molecule has 0 aliphatic carbocycles. The van der Waals surface area contributed by atoms with E-state index in [9.17, 15) is 0 Å². The summed E-state index contributed by atoms with van der Waals surface area (Å²) in [6, 6.07) is 9.33. The maximum absolute atomic E-state index is 9.04. The van der Waals surface area contributed by atoms with Gasteiger partial charge in [0.25, 0.3) is 0 Å². The van der Waals surface area contributed by atoms with Crippen molar-refractivity contribution >= 4 is 11.6 Å². The van der Waals surface area contributed by atoms with Crippen molar-refractivity contribution in [1.82, 2.24) is 0 Å². The molecule has 0 amide bonds. The Morgan fingerprint density at radius 3 is 2.64 bits per heavy atom. The highest BCUT2D eigenvalue weighted by molar-refractivity contribution is 6.18. The lowest BCUT2D eigenvalue weighted by molar-refractivity contribution is -0.0234. The summed E-state index contributed by atoms with van der Waals surface area (Å²) in [6.45, 7) is 0.314. The molecule has 0 aliphatic rings. The van der Waals surface area contributed by atoms with Gasteiger partial charge in [0, 0.05) is 0 Å². The molecule has 0 heterocycles. The van der Waals surface area contributed by atoms with Gasteiger partial charge in [-0.15, -0.1) is 11.6 Å². The van der Waals surface area contributed by atoms with E-state index >= 15 is 0 Å². The van der Waals surface area contributed by atoms with Crippen LogP contribution >= 0.6 is 11.6 Å². The van der Waals surface area contributed by atoms with Gasteiger partial charge in [-0.05, 0) is 12.1 Å². The van der Waals surface area contributed by atoms with Crippen molar-refractivity contribution in [3.63, 3.8) is 0 Å². The van der Waals surface area contributed by atoms with Crippen LogP contribution < -0.4 is 4.74 Å². The Kier molecular flexibility index (Phi) is 5.37. The molecule has 1 unspecified atom stereocenters. The lowest BCUT2D eigenvalue weighted by Gasteiger charge is -2.09. The number of ether oxygens (including phenoxy) is 2. The van der Waals surface area contributed by atoms with Crippen LogP contribution in [0, 0.1) is 0 Å². The summed E-state index contributed by atoms with van der Waals surface area (Å²) in [5.74, 6) is 0.915. The Morgan fingerprint density at radius 1 is 1.29 bits per heavy atom. The molecule has 0 saturated carbocycles. The molecule has 0 bridgehead atoms. The number of alkyl halides is 1. The zero-order valence-electron chi connectivity index (χ0n) is 7.73. The molecule has 4 heteroatoms. The van der Waals surface area contributed by atoms with Gasteiger partial charge in [-0.2, -0.15) is 0 Å². The second-order valence-electron chi connectivity index (χ2n) is 2.75. The third kappa shape index (κ3) is 4.46.